The summed E-state index contributed by atoms with van der Waals surface area (Å²) in [7, 11) is 1.89. The van der Waals surface area contributed by atoms with Gasteiger partial charge in [-0.05, 0) is 37.7 Å². The maximum Gasteiger partial charge on any atom is 0.307 e. The van der Waals surface area contributed by atoms with Crippen molar-refractivity contribution in [1.29, 1.82) is 0 Å². The molecule has 0 N–H and O–H groups in total. The van der Waals surface area contributed by atoms with Crippen molar-refractivity contribution in [3.05, 3.63) is 34.1 Å². The van der Waals surface area contributed by atoms with Crippen LogP contribution in [0.2, 0.25) is 0 Å². The van der Waals surface area contributed by atoms with Crippen LogP contribution in [-0.4, -0.2) is 31.1 Å². The Bertz CT molecular complexity index is 412. The van der Waals surface area contributed by atoms with Crippen molar-refractivity contribution in [2.75, 3.05) is 20.2 Å². The van der Waals surface area contributed by atoms with Crippen molar-refractivity contribution >= 4 is 21.9 Å². The number of carbonyl (C=O) groups is 1. The Kier molecular flexibility index (Phi) is 6.29. The summed E-state index contributed by atoms with van der Waals surface area (Å²) in [4.78, 5) is 13.2. The van der Waals surface area contributed by atoms with Crippen LogP contribution in [0, 0.1) is 5.82 Å². The fraction of sp³-hybridized carbons (Fsp3) is 0.462. The molecule has 0 bridgehead atoms. The number of hydrogen-bond acceptors (Lipinski definition) is 3. The molecule has 0 aromatic heterocycles. The SMILES string of the molecule is CCOC(=O)CCN(C)Cc1cc(F)ccc1Br. The van der Waals surface area contributed by atoms with E-state index >= 15 is 0 Å². The largest absolute Gasteiger partial charge is 0.466 e. The van der Waals surface area contributed by atoms with E-state index in [1.165, 1.54) is 12.1 Å². The van der Waals surface area contributed by atoms with Crippen LogP contribution in [-0.2, 0) is 16.1 Å². The first-order valence-electron chi connectivity index (χ1n) is 5.81. The minimum Gasteiger partial charge on any atom is -0.466 e. The van der Waals surface area contributed by atoms with Gasteiger partial charge in [-0.25, -0.2) is 4.39 Å². The van der Waals surface area contributed by atoms with Gasteiger partial charge < -0.3 is 9.64 Å². The molecule has 0 spiro atoms. The average molecular weight is 318 g/mol. The van der Waals surface area contributed by atoms with Crippen LogP contribution >= 0.6 is 15.9 Å². The van der Waals surface area contributed by atoms with Crippen molar-refractivity contribution in [1.82, 2.24) is 4.90 Å². The van der Waals surface area contributed by atoms with Gasteiger partial charge in [-0.1, -0.05) is 15.9 Å². The molecule has 0 saturated carbocycles. The van der Waals surface area contributed by atoms with Gasteiger partial charge in [0.15, 0.2) is 0 Å². The third kappa shape index (κ3) is 5.14. The summed E-state index contributed by atoms with van der Waals surface area (Å²) in [6.45, 7) is 3.35. The van der Waals surface area contributed by atoms with Crippen LogP contribution in [0.25, 0.3) is 0 Å². The maximum atomic E-state index is 13.1. The van der Waals surface area contributed by atoms with E-state index < -0.39 is 0 Å². The van der Waals surface area contributed by atoms with E-state index in [1.54, 1.807) is 13.0 Å². The summed E-state index contributed by atoms with van der Waals surface area (Å²) in [5.41, 5.74) is 0.862. The molecule has 0 aliphatic heterocycles. The molecule has 0 aliphatic rings. The Morgan fingerprint density at radius 2 is 2.22 bits per heavy atom. The smallest absolute Gasteiger partial charge is 0.307 e. The molecule has 0 unspecified atom stereocenters. The number of hydrogen-bond donors (Lipinski definition) is 0. The number of halogens is 2. The number of ether oxygens (including phenoxy) is 1. The zero-order valence-corrected chi connectivity index (χ0v) is 12.2. The molecule has 0 atom stereocenters. The van der Waals surface area contributed by atoms with Gasteiger partial charge in [0.25, 0.3) is 0 Å². The number of benzene rings is 1. The molecule has 100 valence electrons. The van der Waals surface area contributed by atoms with E-state index in [0.29, 0.717) is 26.1 Å². The highest BCUT2D eigenvalue weighted by atomic mass is 79.9. The number of esters is 1. The first-order chi connectivity index (χ1) is 8.52. The van der Waals surface area contributed by atoms with Gasteiger partial charge in [-0.3, -0.25) is 4.79 Å². The normalized spacial score (nSPS) is 10.7. The molecule has 18 heavy (non-hydrogen) atoms. The molecule has 5 heteroatoms. The Balaban J connectivity index is 2.46. The molecule has 0 heterocycles. The van der Waals surface area contributed by atoms with Crippen molar-refractivity contribution in [2.45, 2.75) is 19.9 Å². The van der Waals surface area contributed by atoms with Crippen molar-refractivity contribution in [3.63, 3.8) is 0 Å². The van der Waals surface area contributed by atoms with Crippen LogP contribution in [0.5, 0.6) is 0 Å². The Morgan fingerprint density at radius 1 is 1.50 bits per heavy atom. The first-order valence-corrected chi connectivity index (χ1v) is 6.60. The molecule has 3 nitrogen and oxygen atoms in total. The minimum atomic E-state index is -0.257. The van der Waals surface area contributed by atoms with Gasteiger partial charge in [-0.2, -0.15) is 0 Å². The molecule has 0 amide bonds. The summed E-state index contributed by atoms with van der Waals surface area (Å²) in [6.07, 6.45) is 0.345. The average Bonchev–Trinajstić information content (AvgIpc) is 2.32. The number of rotatable bonds is 6. The van der Waals surface area contributed by atoms with Gasteiger partial charge in [0.1, 0.15) is 5.82 Å². The molecule has 0 aliphatic carbocycles. The van der Waals surface area contributed by atoms with E-state index in [0.717, 1.165) is 10.0 Å². The van der Waals surface area contributed by atoms with E-state index in [2.05, 4.69) is 15.9 Å². The molecule has 1 aromatic carbocycles. The quantitative estimate of drug-likeness (QED) is 0.755. The standard InChI is InChI=1S/C13H17BrFNO2/c1-3-18-13(17)6-7-16(2)9-10-8-11(15)4-5-12(10)14/h4-5,8H,3,6-7,9H2,1-2H3. The monoisotopic (exact) mass is 317 g/mol. The molecule has 0 fully saturated rings. The van der Waals surface area contributed by atoms with E-state index in [-0.39, 0.29) is 11.8 Å². The van der Waals surface area contributed by atoms with Gasteiger partial charge in [0.05, 0.1) is 13.0 Å². The zero-order valence-electron chi connectivity index (χ0n) is 10.6. The van der Waals surface area contributed by atoms with Crippen LogP contribution in [0.4, 0.5) is 4.39 Å². The fourth-order valence-corrected chi connectivity index (χ4v) is 1.92. The summed E-state index contributed by atoms with van der Waals surface area (Å²) in [5, 5.41) is 0. The van der Waals surface area contributed by atoms with Gasteiger partial charge in [-0.15, -0.1) is 0 Å². The fourth-order valence-electron chi connectivity index (χ4n) is 1.55. The lowest BCUT2D eigenvalue weighted by Crippen LogP contribution is -2.22. The first kappa shape index (κ1) is 15.1. The van der Waals surface area contributed by atoms with Crippen LogP contribution < -0.4 is 0 Å². The second kappa shape index (κ2) is 7.48. The lowest BCUT2D eigenvalue weighted by molar-refractivity contribution is -0.143. The summed E-state index contributed by atoms with van der Waals surface area (Å²) >= 11 is 3.38. The Morgan fingerprint density at radius 3 is 2.89 bits per heavy atom. The van der Waals surface area contributed by atoms with Crippen molar-refractivity contribution < 1.29 is 13.9 Å². The third-order valence-corrected chi connectivity index (χ3v) is 3.22. The lowest BCUT2D eigenvalue weighted by atomic mass is 10.2. The number of carbonyl (C=O) groups excluding carboxylic acids is 1. The van der Waals surface area contributed by atoms with E-state index in [1.807, 2.05) is 11.9 Å². The zero-order chi connectivity index (χ0) is 13.5. The topological polar surface area (TPSA) is 29.5 Å². The van der Waals surface area contributed by atoms with Crippen LogP contribution in [0.1, 0.15) is 18.9 Å². The predicted molar refractivity (Wildman–Crippen MR) is 71.7 cm³/mol. The van der Waals surface area contributed by atoms with Crippen molar-refractivity contribution in [2.24, 2.45) is 0 Å². The highest BCUT2D eigenvalue weighted by molar-refractivity contribution is 9.10. The summed E-state index contributed by atoms with van der Waals surface area (Å²) in [6, 6.07) is 4.58. The van der Waals surface area contributed by atoms with Crippen LogP contribution in [0.3, 0.4) is 0 Å². The molecule has 1 aromatic rings. The lowest BCUT2D eigenvalue weighted by Gasteiger charge is -2.17. The summed E-state index contributed by atoms with van der Waals surface area (Å²) < 4.78 is 18.8. The van der Waals surface area contributed by atoms with E-state index in [4.69, 9.17) is 4.74 Å². The third-order valence-electron chi connectivity index (χ3n) is 2.45. The predicted octanol–water partition coefficient (Wildman–Crippen LogP) is 2.97. The molecule has 0 radical (unpaired) electrons. The van der Waals surface area contributed by atoms with Gasteiger partial charge in [0.2, 0.25) is 0 Å². The molecular weight excluding hydrogens is 301 g/mol. The Hall–Kier alpha value is -0.940. The van der Waals surface area contributed by atoms with Gasteiger partial charge >= 0.3 is 5.97 Å². The van der Waals surface area contributed by atoms with Crippen LogP contribution in [0.15, 0.2) is 22.7 Å². The minimum absolute atomic E-state index is 0.206. The highest BCUT2D eigenvalue weighted by Crippen LogP contribution is 2.19. The molecule has 0 saturated heterocycles. The van der Waals surface area contributed by atoms with Crippen molar-refractivity contribution in [3.8, 4) is 0 Å². The summed E-state index contributed by atoms with van der Waals surface area (Å²) in [5.74, 6) is -0.463. The second-order valence-corrected chi connectivity index (χ2v) is 4.88. The second-order valence-electron chi connectivity index (χ2n) is 4.03. The molecular formula is C13H17BrFNO2. The number of nitrogens with zero attached hydrogens (tertiary/aromatic N) is 1. The van der Waals surface area contributed by atoms with E-state index in [9.17, 15) is 9.18 Å². The highest BCUT2D eigenvalue weighted by Gasteiger charge is 2.08. The molecule has 1 rings (SSSR count). The Labute approximate surface area is 115 Å². The van der Waals surface area contributed by atoms with Gasteiger partial charge in [0, 0.05) is 17.6 Å². The maximum absolute atomic E-state index is 13.1.